The van der Waals surface area contributed by atoms with Gasteiger partial charge < -0.3 is 20.1 Å². The fourth-order valence-corrected chi connectivity index (χ4v) is 1.39. The summed E-state index contributed by atoms with van der Waals surface area (Å²) >= 11 is 0. The summed E-state index contributed by atoms with van der Waals surface area (Å²) in [6.07, 6.45) is 3.27. The first-order chi connectivity index (χ1) is 8.22. The molecule has 0 saturated heterocycles. The van der Waals surface area contributed by atoms with Crippen LogP contribution in [0.15, 0.2) is 0 Å². The van der Waals surface area contributed by atoms with Crippen molar-refractivity contribution in [1.82, 2.24) is 10.6 Å². The maximum Gasteiger partial charge on any atom is 0.236 e. The number of unbranched alkanes of at least 4 members (excludes halogenated alkanes) is 2. The molecule has 0 aromatic rings. The Balaban J connectivity index is 3.37. The highest BCUT2D eigenvalue weighted by atomic mass is 16.5. The monoisotopic (exact) mass is 246 g/mol. The Morgan fingerprint density at radius 1 is 1.06 bits per heavy atom. The summed E-state index contributed by atoms with van der Waals surface area (Å²) in [6.45, 7) is 4.66. The first-order valence-electron chi connectivity index (χ1n) is 6.21. The van der Waals surface area contributed by atoms with Crippen LogP contribution in [0, 0.1) is 0 Å². The number of hydrogen-bond donors (Lipinski definition) is 2. The van der Waals surface area contributed by atoms with Crippen LogP contribution in [0.1, 0.15) is 26.2 Å². The second-order valence-corrected chi connectivity index (χ2v) is 4.01. The molecule has 0 aliphatic carbocycles. The number of carbonyl (C=O) groups excluding carboxylic acids is 1. The molecule has 0 heterocycles. The standard InChI is InChI=1S/C12H26N2O3/c1-11(12(15)14-8-10-17-3)13-7-5-4-6-9-16-2/h11,13H,4-10H2,1-3H3,(H,14,15). The molecule has 17 heavy (non-hydrogen) atoms. The third kappa shape index (κ3) is 10.2. The molecule has 0 rings (SSSR count). The molecule has 0 aromatic heterocycles. The van der Waals surface area contributed by atoms with Gasteiger partial charge in [-0.3, -0.25) is 4.79 Å². The minimum atomic E-state index is -0.144. The van der Waals surface area contributed by atoms with Crippen molar-refractivity contribution < 1.29 is 14.3 Å². The van der Waals surface area contributed by atoms with E-state index in [2.05, 4.69) is 10.6 Å². The number of rotatable bonds is 11. The minimum absolute atomic E-state index is 0.0268. The lowest BCUT2D eigenvalue weighted by atomic mass is 10.2. The molecule has 0 spiro atoms. The molecule has 0 saturated carbocycles. The average molecular weight is 246 g/mol. The molecule has 1 amide bonds. The third-order valence-electron chi connectivity index (χ3n) is 2.47. The second-order valence-electron chi connectivity index (χ2n) is 4.01. The summed E-state index contributed by atoms with van der Waals surface area (Å²) in [5.74, 6) is 0.0268. The van der Waals surface area contributed by atoms with Crippen LogP contribution >= 0.6 is 0 Å². The largest absolute Gasteiger partial charge is 0.385 e. The van der Waals surface area contributed by atoms with E-state index in [-0.39, 0.29) is 11.9 Å². The van der Waals surface area contributed by atoms with Crippen LogP contribution in [0.5, 0.6) is 0 Å². The van der Waals surface area contributed by atoms with Gasteiger partial charge in [-0.2, -0.15) is 0 Å². The number of methoxy groups -OCH3 is 2. The fraction of sp³-hybridized carbons (Fsp3) is 0.917. The number of hydrogen-bond acceptors (Lipinski definition) is 4. The topological polar surface area (TPSA) is 59.6 Å². The summed E-state index contributed by atoms with van der Waals surface area (Å²) in [5, 5.41) is 5.99. The number of carbonyl (C=O) groups is 1. The Morgan fingerprint density at radius 3 is 2.41 bits per heavy atom. The summed E-state index contributed by atoms with van der Waals surface area (Å²) in [4.78, 5) is 11.5. The van der Waals surface area contributed by atoms with Crippen molar-refractivity contribution >= 4 is 5.91 Å². The summed E-state index contributed by atoms with van der Waals surface area (Å²) in [5.41, 5.74) is 0. The molecular formula is C12H26N2O3. The van der Waals surface area contributed by atoms with E-state index in [0.717, 1.165) is 32.4 Å². The van der Waals surface area contributed by atoms with Crippen molar-refractivity contribution in [2.24, 2.45) is 0 Å². The van der Waals surface area contributed by atoms with E-state index in [1.165, 1.54) is 0 Å². The van der Waals surface area contributed by atoms with Gasteiger partial charge in [-0.05, 0) is 32.7 Å². The van der Waals surface area contributed by atoms with Gasteiger partial charge in [0.25, 0.3) is 0 Å². The smallest absolute Gasteiger partial charge is 0.236 e. The van der Waals surface area contributed by atoms with Gasteiger partial charge in [0.2, 0.25) is 5.91 Å². The average Bonchev–Trinajstić information content (AvgIpc) is 2.33. The molecule has 102 valence electrons. The van der Waals surface area contributed by atoms with Gasteiger partial charge in [-0.1, -0.05) is 0 Å². The first-order valence-corrected chi connectivity index (χ1v) is 6.21. The fourth-order valence-electron chi connectivity index (χ4n) is 1.39. The normalized spacial score (nSPS) is 12.4. The quantitative estimate of drug-likeness (QED) is 0.523. The Hall–Kier alpha value is -0.650. The van der Waals surface area contributed by atoms with Gasteiger partial charge in [0, 0.05) is 27.4 Å². The Bertz CT molecular complexity index is 189. The molecule has 0 fully saturated rings. The lowest BCUT2D eigenvalue weighted by molar-refractivity contribution is -0.122. The van der Waals surface area contributed by atoms with Crippen LogP contribution in [0.3, 0.4) is 0 Å². The number of ether oxygens (including phenoxy) is 2. The van der Waals surface area contributed by atoms with E-state index in [4.69, 9.17) is 9.47 Å². The summed E-state index contributed by atoms with van der Waals surface area (Å²) in [7, 11) is 3.33. The highest BCUT2D eigenvalue weighted by Gasteiger charge is 2.10. The van der Waals surface area contributed by atoms with Crippen LogP contribution in [0.25, 0.3) is 0 Å². The van der Waals surface area contributed by atoms with Crippen molar-refractivity contribution in [2.75, 3.05) is 40.5 Å². The van der Waals surface area contributed by atoms with Crippen molar-refractivity contribution in [3.8, 4) is 0 Å². The van der Waals surface area contributed by atoms with Gasteiger partial charge in [0.1, 0.15) is 0 Å². The van der Waals surface area contributed by atoms with E-state index in [0.29, 0.717) is 13.2 Å². The van der Waals surface area contributed by atoms with Gasteiger partial charge in [0.15, 0.2) is 0 Å². The SMILES string of the molecule is COCCCCCNC(C)C(=O)NCCOC. The highest BCUT2D eigenvalue weighted by molar-refractivity contribution is 5.81. The molecule has 1 atom stereocenters. The molecule has 0 aliphatic rings. The van der Waals surface area contributed by atoms with Gasteiger partial charge in [-0.15, -0.1) is 0 Å². The van der Waals surface area contributed by atoms with Crippen LogP contribution in [0.4, 0.5) is 0 Å². The maximum atomic E-state index is 11.5. The highest BCUT2D eigenvalue weighted by Crippen LogP contribution is 1.94. The molecule has 0 aromatic carbocycles. The van der Waals surface area contributed by atoms with Crippen LogP contribution < -0.4 is 10.6 Å². The Morgan fingerprint density at radius 2 is 1.76 bits per heavy atom. The molecule has 0 bridgehead atoms. The summed E-state index contributed by atoms with van der Waals surface area (Å²) in [6, 6.07) is -0.144. The molecule has 5 nitrogen and oxygen atoms in total. The van der Waals surface area contributed by atoms with Crippen LogP contribution in [-0.4, -0.2) is 52.5 Å². The number of nitrogens with one attached hydrogen (secondary N) is 2. The lowest BCUT2D eigenvalue weighted by Crippen LogP contribution is -2.43. The van der Waals surface area contributed by atoms with Gasteiger partial charge >= 0.3 is 0 Å². The zero-order valence-electron chi connectivity index (χ0n) is 11.3. The molecule has 1 unspecified atom stereocenters. The number of amides is 1. The minimum Gasteiger partial charge on any atom is -0.385 e. The zero-order chi connectivity index (χ0) is 12.9. The first kappa shape index (κ1) is 16.4. The zero-order valence-corrected chi connectivity index (χ0v) is 11.3. The van der Waals surface area contributed by atoms with Gasteiger partial charge in [-0.25, -0.2) is 0 Å². The van der Waals surface area contributed by atoms with E-state index >= 15 is 0 Å². The van der Waals surface area contributed by atoms with Crippen molar-refractivity contribution in [3.05, 3.63) is 0 Å². The van der Waals surface area contributed by atoms with Gasteiger partial charge in [0.05, 0.1) is 12.6 Å². The van der Waals surface area contributed by atoms with Crippen LogP contribution in [0.2, 0.25) is 0 Å². The lowest BCUT2D eigenvalue weighted by Gasteiger charge is -2.13. The Kier molecular flexibility index (Phi) is 11.4. The van der Waals surface area contributed by atoms with Crippen molar-refractivity contribution in [3.63, 3.8) is 0 Å². The third-order valence-corrected chi connectivity index (χ3v) is 2.47. The second kappa shape index (κ2) is 11.8. The van der Waals surface area contributed by atoms with Crippen LogP contribution in [-0.2, 0) is 14.3 Å². The molecule has 5 heteroatoms. The van der Waals surface area contributed by atoms with E-state index < -0.39 is 0 Å². The summed E-state index contributed by atoms with van der Waals surface area (Å²) < 4.78 is 9.83. The van der Waals surface area contributed by atoms with E-state index in [1.54, 1.807) is 14.2 Å². The van der Waals surface area contributed by atoms with E-state index in [9.17, 15) is 4.79 Å². The molecule has 2 N–H and O–H groups in total. The van der Waals surface area contributed by atoms with Crippen molar-refractivity contribution in [1.29, 1.82) is 0 Å². The predicted octanol–water partition coefficient (Wildman–Crippen LogP) is 0.544. The predicted molar refractivity (Wildman–Crippen MR) is 68.1 cm³/mol. The van der Waals surface area contributed by atoms with E-state index in [1.807, 2.05) is 6.92 Å². The Labute approximate surface area is 104 Å². The molecule has 0 radical (unpaired) electrons. The molecular weight excluding hydrogens is 220 g/mol. The molecule has 0 aliphatic heterocycles. The maximum absolute atomic E-state index is 11.5. The van der Waals surface area contributed by atoms with Crippen molar-refractivity contribution in [2.45, 2.75) is 32.2 Å².